The zero-order valence-electron chi connectivity index (χ0n) is 11.9. The Morgan fingerprint density at radius 3 is 2.63 bits per heavy atom. The lowest BCUT2D eigenvalue weighted by Gasteiger charge is -2.15. The van der Waals surface area contributed by atoms with E-state index in [0.717, 1.165) is 28.6 Å². The first-order chi connectivity index (χ1) is 9.04. The maximum Gasteiger partial charge on any atom is 0.0711 e. The number of aromatic nitrogens is 1. The van der Waals surface area contributed by atoms with Crippen LogP contribution in [-0.4, -0.2) is 16.7 Å². The van der Waals surface area contributed by atoms with E-state index >= 15 is 0 Å². The Bertz CT molecular complexity index is 599. The molecule has 0 unspecified atom stereocenters. The molecule has 0 bridgehead atoms. The average Bonchev–Trinajstić information content (AvgIpc) is 2.44. The standard InChI is InChI=1S/C17H21NO/c1-4-15-8-7-14-6-5-13(11-16(14)18-15)9-10-17(2,3)12-19/h5-11,19H,4,12H2,1-3H3/b10-9+. The van der Waals surface area contributed by atoms with Crippen molar-refractivity contribution in [3.05, 3.63) is 47.7 Å². The van der Waals surface area contributed by atoms with Gasteiger partial charge in [-0.15, -0.1) is 0 Å². The third kappa shape index (κ3) is 3.42. The number of pyridine rings is 1. The van der Waals surface area contributed by atoms with Crippen LogP contribution in [0.1, 0.15) is 32.0 Å². The summed E-state index contributed by atoms with van der Waals surface area (Å²) in [6.07, 6.45) is 5.04. The second kappa shape index (κ2) is 5.54. The zero-order chi connectivity index (χ0) is 13.9. The Hall–Kier alpha value is -1.67. The van der Waals surface area contributed by atoms with Crippen molar-refractivity contribution in [2.75, 3.05) is 6.61 Å². The van der Waals surface area contributed by atoms with E-state index in [4.69, 9.17) is 0 Å². The van der Waals surface area contributed by atoms with E-state index in [1.54, 1.807) is 0 Å². The fourth-order valence-electron chi connectivity index (χ4n) is 1.85. The summed E-state index contributed by atoms with van der Waals surface area (Å²) in [5.41, 5.74) is 3.08. The predicted octanol–water partition coefficient (Wildman–Crippen LogP) is 3.83. The maximum absolute atomic E-state index is 9.25. The molecule has 1 N–H and O–H groups in total. The normalized spacial score (nSPS) is 12.4. The Morgan fingerprint density at radius 2 is 1.95 bits per heavy atom. The predicted molar refractivity (Wildman–Crippen MR) is 81.0 cm³/mol. The quantitative estimate of drug-likeness (QED) is 0.900. The van der Waals surface area contributed by atoms with Gasteiger partial charge in [0, 0.05) is 16.5 Å². The molecule has 0 fully saturated rings. The minimum absolute atomic E-state index is 0.148. The van der Waals surface area contributed by atoms with Crippen molar-refractivity contribution in [2.24, 2.45) is 5.41 Å². The van der Waals surface area contributed by atoms with Gasteiger partial charge in [0.2, 0.25) is 0 Å². The summed E-state index contributed by atoms with van der Waals surface area (Å²) in [4.78, 5) is 4.64. The smallest absolute Gasteiger partial charge is 0.0711 e. The van der Waals surface area contributed by atoms with Crippen LogP contribution >= 0.6 is 0 Å². The highest BCUT2D eigenvalue weighted by Crippen LogP contribution is 2.20. The third-order valence-corrected chi connectivity index (χ3v) is 3.27. The highest BCUT2D eigenvalue weighted by molar-refractivity contribution is 5.81. The monoisotopic (exact) mass is 255 g/mol. The van der Waals surface area contributed by atoms with Gasteiger partial charge in [-0.05, 0) is 24.1 Å². The number of aryl methyl sites for hydroxylation is 1. The molecule has 0 aliphatic heterocycles. The van der Waals surface area contributed by atoms with Crippen molar-refractivity contribution in [3.8, 4) is 0 Å². The Kier molecular flexibility index (Phi) is 4.01. The Morgan fingerprint density at radius 1 is 1.21 bits per heavy atom. The molecule has 19 heavy (non-hydrogen) atoms. The number of fused-ring (bicyclic) bond motifs is 1. The van der Waals surface area contributed by atoms with Crippen molar-refractivity contribution >= 4 is 17.0 Å². The van der Waals surface area contributed by atoms with E-state index in [2.05, 4.69) is 48.3 Å². The lowest BCUT2D eigenvalue weighted by molar-refractivity contribution is 0.200. The van der Waals surface area contributed by atoms with Crippen LogP contribution in [0.3, 0.4) is 0 Å². The molecule has 0 atom stereocenters. The SMILES string of the molecule is CCc1ccc2ccc(/C=C/C(C)(C)CO)cc2n1. The molecule has 0 amide bonds. The molecular weight excluding hydrogens is 234 g/mol. The van der Waals surface area contributed by atoms with E-state index in [1.165, 1.54) is 0 Å². The molecule has 1 aromatic carbocycles. The molecule has 2 rings (SSSR count). The van der Waals surface area contributed by atoms with Crippen LogP contribution in [-0.2, 0) is 6.42 Å². The number of nitrogens with zero attached hydrogens (tertiary/aromatic N) is 1. The van der Waals surface area contributed by atoms with Gasteiger partial charge < -0.3 is 5.11 Å². The maximum atomic E-state index is 9.25. The fourth-order valence-corrected chi connectivity index (χ4v) is 1.85. The van der Waals surface area contributed by atoms with Gasteiger partial charge >= 0.3 is 0 Å². The van der Waals surface area contributed by atoms with Crippen LogP contribution in [0.2, 0.25) is 0 Å². The summed E-state index contributed by atoms with van der Waals surface area (Å²) in [6, 6.07) is 10.5. The van der Waals surface area contributed by atoms with Gasteiger partial charge in [-0.25, -0.2) is 0 Å². The summed E-state index contributed by atoms with van der Waals surface area (Å²) in [6.45, 7) is 6.28. The van der Waals surface area contributed by atoms with Gasteiger partial charge in [0.15, 0.2) is 0 Å². The summed E-state index contributed by atoms with van der Waals surface area (Å²) in [7, 11) is 0. The number of rotatable bonds is 4. The summed E-state index contributed by atoms with van der Waals surface area (Å²) in [5.74, 6) is 0. The van der Waals surface area contributed by atoms with Gasteiger partial charge in [0.25, 0.3) is 0 Å². The van der Waals surface area contributed by atoms with Crippen molar-refractivity contribution in [3.63, 3.8) is 0 Å². The van der Waals surface area contributed by atoms with E-state index in [1.807, 2.05) is 19.9 Å². The molecule has 1 aromatic heterocycles. The third-order valence-electron chi connectivity index (χ3n) is 3.27. The van der Waals surface area contributed by atoms with E-state index < -0.39 is 0 Å². The van der Waals surface area contributed by atoms with Crippen LogP contribution in [0.4, 0.5) is 0 Å². The van der Waals surface area contributed by atoms with Crippen LogP contribution in [0.5, 0.6) is 0 Å². The van der Waals surface area contributed by atoms with Crippen molar-refractivity contribution in [2.45, 2.75) is 27.2 Å². The molecule has 0 aliphatic rings. The molecule has 0 radical (unpaired) electrons. The lowest BCUT2D eigenvalue weighted by Crippen LogP contribution is -2.12. The van der Waals surface area contributed by atoms with E-state index in [0.29, 0.717) is 0 Å². The first kappa shape index (κ1) is 13.8. The molecule has 0 saturated heterocycles. The number of hydrogen-bond donors (Lipinski definition) is 1. The molecular formula is C17H21NO. The molecule has 2 aromatic rings. The van der Waals surface area contributed by atoms with E-state index in [9.17, 15) is 5.11 Å². The van der Waals surface area contributed by atoms with Gasteiger partial charge in [0.05, 0.1) is 12.1 Å². The zero-order valence-corrected chi connectivity index (χ0v) is 11.9. The summed E-state index contributed by atoms with van der Waals surface area (Å²) < 4.78 is 0. The minimum Gasteiger partial charge on any atom is -0.395 e. The number of aliphatic hydroxyl groups excluding tert-OH is 1. The number of benzene rings is 1. The summed E-state index contributed by atoms with van der Waals surface area (Å²) >= 11 is 0. The number of hydrogen-bond acceptors (Lipinski definition) is 2. The van der Waals surface area contributed by atoms with Crippen molar-refractivity contribution < 1.29 is 5.11 Å². The first-order valence-electron chi connectivity index (χ1n) is 6.74. The minimum atomic E-state index is -0.187. The molecule has 0 aliphatic carbocycles. The average molecular weight is 255 g/mol. The topological polar surface area (TPSA) is 33.1 Å². The first-order valence-corrected chi connectivity index (χ1v) is 6.74. The van der Waals surface area contributed by atoms with E-state index in [-0.39, 0.29) is 12.0 Å². The molecule has 0 saturated carbocycles. The lowest BCUT2D eigenvalue weighted by atomic mass is 9.93. The van der Waals surface area contributed by atoms with Gasteiger partial charge in [-0.3, -0.25) is 4.98 Å². The molecule has 1 heterocycles. The second-order valence-electron chi connectivity index (χ2n) is 5.59. The molecule has 100 valence electrons. The van der Waals surface area contributed by atoms with Gasteiger partial charge in [-0.2, -0.15) is 0 Å². The van der Waals surface area contributed by atoms with Crippen LogP contribution < -0.4 is 0 Å². The molecule has 2 heteroatoms. The van der Waals surface area contributed by atoms with Gasteiger partial charge in [-0.1, -0.05) is 51.1 Å². The summed E-state index contributed by atoms with van der Waals surface area (Å²) in [5, 5.41) is 10.4. The van der Waals surface area contributed by atoms with Crippen LogP contribution in [0, 0.1) is 5.41 Å². The Balaban J connectivity index is 2.35. The fraction of sp³-hybridized carbons (Fsp3) is 0.353. The second-order valence-corrected chi connectivity index (χ2v) is 5.59. The van der Waals surface area contributed by atoms with Crippen molar-refractivity contribution in [1.29, 1.82) is 0 Å². The highest BCUT2D eigenvalue weighted by atomic mass is 16.3. The molecule has 2 nitrogen and oxygen atoms in total. The Labute approximate surface area is 114 Å². The van der Waals surface area contributed by atoms with Crippen molar-refractivity contribution in [1.82, 2.24) is 4.98 Å². The van der Waals surface area contributed by atoms with Crippen LogP contribution in [0.15, 0.2) is 36.4 Å². The highest BCUT2D eigenvalue weighted by Gasteiger charge is 2.10. The molecule has 0 spiro atoms. The number of aliphatic hydroxyl groups is 1. The largest absolute Gasteiger partial charge is 0.395 e. The van der Waals surface area contributed by atoms with Crippen LogP contribution in [0.25, 0.3) is 17.0 Å². The van der Waals surface area contributed by atoms with Gasteiger partial charge in [0.1, 0.15) is 0 Å².